The topological polar surface area (TPSA) is 85.6 Å². The Bertz CT molecular complexity index is 1030. The molecule has 2 aromatic heterocycles. The minimum atomic E-state index is -3.92. The van der Waals surface area contributed by atoms with Crippen molar-refractivity contribution in [1.82, 2.24) is 14.6 Å². The van der Waals surface area contributed by atoms with Crippen LogP contribution in [0, 0.1) is 0 Å². The van der Waals surface area contributed by atoms with Gasteiger partial charge >= 0.3 is 0 Å². The lowest BCUT2D eigenvalue weighted by molar-refractivity contribution is 0.403. The van der Waals surface area contributed by atoms with Crippen molar-refractivity contribution in [3.8, 4) is 5.75 Å². The van der Waals surface area contributed by atoms with Crippen molar-refractivity contribution >= 4 is 33.0 Å². The van der Waals surface area contributed by atoms with Crippen molar-refractivity contribution in [1.29, 1.82) is 0 Å². The van der Waals surface area contributed by atoms with Crippen LogP contribution in [0.3, 0.4) is 0 Å². The zero-order valence-corrected chi connectivity index (χ0v) is 15.5. The SMILES string of the molecule is COc1ccc(Cl)cc1S(=O)(=O)Nc1cccn2c(C(C)C)nnc12. The summed E-state index contributed by atoms with van der Waals surface area (Å²) in [6.07, 6.45) is 1.79. The fraction of sp³-hybridized carbons (Fsp3) is 0.250. The van der Waals surface area contributed by atoms with Crippen LogP contribution in [0.4, 0.5) is 5.69 Å². The van der Waals surface area contributed by atoms with Gasteiger partial charge in [-0.25, -0.2) is 8.42 Å². The highest BCUT2D eigenvalue weighted by Crippen LogP contribution is 2.29. The summed E-state index contributed by atoms with van der Waals surface area (Å²) in [7, 11) is -2.52. The van der Waals surface area contributed by atoms with E-state index in [9.17, 15) is 8.42 Å². The number of ether oxygens (including phenoxy) is 1. The van der Waals surface area contributed by atoms with E-state index < -0.39 is 10.0 Å². The number of aromatic nitrogens is 3. The second-order valence-electron chi connectivity index (χ2n) is 5.73. The number of sulfonamides is 1. The first-order valence-electron chi connectivity index (χ1n) is 7.53. The van der Waals surface area contributed by atoms with Gasteiger partial charge in [0.25, 0.3) is 10.0 Å². The Kier molecular flexibility index (Phi) is 4.57. The molecular formula is C16H17ClN4O3S. The zero-order chi connectivity index (χ0) is 18.2. The van der Waals surface area contributed by atoms with E-state index in [1.807, 2.05) is 13.8 Å². The van der Waals surface area contributed by atoms with E-state index in [1.165, 1.54) is 19.2 Å². The molecule has 0 saturated carbocycles. The molecule has 1 aromatic carbocycles. The molecule has 9 heteroatoms. The molecule has 132 valence electrons. The molecule has 0 aliphatic carbocycles. The first kappa shape index (κ1) is 17.5. The van der Waals surface area contributed by atoms with Crippen molar-refractivity contribution in [2.24, 2.45) is 0 Å². The van der Waals surface area contributed by atoms with Gasteiger partial charge in [0.1, 0.15) is 16.5 Å². The highest BCUT2D eigenvalue weighted by atomic mass is 35.5. The van der Waals surface area contributed by atoms with Crippen LogP contribution in [-0.4, -0.2) is 30.1 Å². The van der Waals surface area contributed by atoms with Crippen molar-refractivity contribution in [2.75, 3.05) is 11.8 Å². The van der Waals surface area contributed by atoms with Crippen LogP contribution >= 0.6 is 11.6 Å². The Labute approximate surface area is 150 Å². The molecule has 0 atom stereocenters. The third-order valence-electron chi connectivity index (χ3n) is 3.64. The third-order valence-corrected chi connectivity index (χ3v) is 5.26. The normalized spacial score (nSPS) is 11.9. The molecule has 3 rings (SSSR count). The van der Waals surface area contributed by atoms with E-state index in [1.54, 1.807) is 28.8 Å². The van der Waals surface area contributed by atoms with Crippen molar-refractivity contribution < 1.29 is 13.2 Å². The molecule has 0 aliphatic heterocycles. The number of hydrogen-bond donors (Lipinski definition) is 1. The monoisotopic (exact) mass is 380 g/mol. The lowest BCUT2D eigenvalue weighted by Crippen LogP contribution is -2.15. The number of halogens is 1. The second-order valence-corrected chi connectivity index (χ2v) is 7.82. The molecule has 25 heavy (non-hydrogen) atoms. The summed E-state index contributed by atoms with van der Waals surface area (Å²) in [6, 6.07) is 7.77. The number of pyridine rings is 1. The van der Waals surface area contributed by atoms with Gasteiger partial charge in [0.05, 0.1) is 12.8 Å². The molecule has 0 amide bonds. The first-order chi connectivity index (χ1) is 11.8. The van der Waals surface area contributed by atoms with Gasteiger partial charge in [0, 0.05) is 17.1 Å². The molecule has 0 fully saturated rings. The van der Waals surface area contributed by atoms with Crippen LogP contribution in [0.1, 0.15) is 25.6 Å². The fourth-order valence-corrected chi connectivity index (χ4v) is 3.96. The number of methoxy groups -OCH3 is 1. The molecule has 0 saturated heterocycles. The predicted molar refractivity (Wildman–Crippen MR) is 95.9 cm³/mol. The molecule has 3 aromatic rings. The fourth-order valence-electron chi connectivity index (χ4n) is 2.47. The van der Waals surface area contributed by atoms with E-state index in [-0.39, 0.29) is 16.6 Å². The Balaban J connectivity index is 2.08. The van der Waals surface area contributed by atoms with Gasteiger partial charge in [-0.2, -0.15) is 0 Å². The van der Waals surface area contributed by atoms with Crippen LogP contribution in [0.15, 0.2) is 41.4 Å². The van der Waals surface area contributed by atoms with Crippen molar-refractivity contribution in [2.45, 2.75) is 24.7 Å². The van der Waals surface area contributed by atoms with E-state index in [4.69, 9.17) is 16.3 Å². The summed E-state index contributed by atoms with van der Waals surface area (Å²) in [6.45, 7) is 3.98. The van der Waals surface area contributed by atoms with E-state index >= 15 is 0 Å². The number of nitrogens with one attached hydrogen (secondary N) is 1. The highest BCUT2D eigenvalue weighted by molar-refractivity contribution is 7.92. The largest absolute Gasteiger partial charge is 0.495 e. The average Bonchev–Trinajstić information content (AvgIpc) is 3.00. The van der Waals surface area contributed by atoms with Gasteiger partial charge in [-0.3, -0.25) is 9.12 Å². The van der Waals surface area contributed by atoms with Gasteiger partial charge in [0.2, 0.25) is 0 Å². The lowest BCUT2D eigenvalue weighted by atomic mass is 10.2. The van der Waals surface area contributed by atoms with Gasteiger partial charge in [-0.15, -0.1) is 10.2 Å². The molecular weight excluding hydrogens is 364 g/mol. The molecule has 0 radical (unpaired) electrons. The standard InChI is InChI=1S/C16H17ClN4O3S/c1-10(2)15-18-19-16-12(5-4-8-21(15)16)20-25(22,23)14-9-11(17)6-7-13(14)24-3/h4-10,20H,1-3H3. The van der Waals surface area contributed by atoms with Crippen LogP contribution in [0.2, 0.25) is 5.02 Å². The molecule has 0 bridgehead atoms. The maximum atomic E-state index is 12.8. The summed E-state index contributed by atoms with van der Waals surface area (Å²) in [5, 5.41) is 8.54. The smallest absolute Gasteiger partial charge is 0.265 e. The molecule has 2 heterocycles. The van der Waals surface area contributed by atoms with Crippen LogP contribution < -0.4 is 9.46 Å². The number of rotatable bonds is 5. The van der Waals surface area contributed by atoms with Gasteiger partial charge < -0.3 is 4.74 Å². The average molecular weight is 381 g/mol. The Morgan fingerprint density at radius 2 is 2.00 bits per heavy atom. The Morgan fingerprint density at radius 3 is 2.68 bits per heavy atom. The predicted octanol–water partition coefficient (Wildman–Crippen LogP) is 3.32. The summed E-state index contributed by atoms with van der Waals surface area (Å²) >= 11 is 5.94. The second kappa shape index (κ2) is 6.53. The van der Waals surface area contributed by atoms with E-state index in [0.29, 0.717) is 16.4 Å². The zero-order valence-electron chi connectivity index (χ0n) is 13.9. The van der Waals surface area contributed by atoms with Crippen molar-refractivity contribution in [3.63, 3.8) is 0 Å². The summed E-state index contributed by atoms with van der Waals surface area (Å²) in [5.74, 6) is 1.10. The molecule has 7 nitrogen and oxygen atoms in total. The van der Waals surface area contributed by atoms with E-state index in [0.717, 1.165) is 5.82 Å². The number of hydrogen-bond acceptors (Lipinski definition) is 5. The lowest BCUT2D eigenvalue weighted by Gasteiger charge is -2.12. The number of anilines is 1. The molecule has 1 N–H and O–H groups in total. The van der Waals surface area contributed by atoms with Gasteiger partial charge in [-0.1, -0.05) is 25.4 Å². The third kappa shape index (κ3) is 3.27. The Morgan fingerprint density at radius 1 is 1.24 bits per heavy atom. The van der Waals surface area contributed by atoms with Gasteiger partial charge in [0.15, 0.2) is 5.65 Å². The minimum absolute atomic E-state index is 0.0481. The summed E-state index contributed by atoms with van der Waals surface area (Å²) in [4.78, 5) is -0.0481. The molecule has 0 spiro atoms. The Hall–Kier alpha value is -2.32. The summed E-state index contributed by atoms with van der Waals surface area (Å²) in [5.41, 5.74) is 0.750. The first-order valence-corrected chi connectivity index (χ1v) is 9.39. The maximum absolute atomic E-state index is 12.8. The van der Waals surface area contributed by atoms with Crippen LogP contribution in [-0.2, 0) is 10.0 Å². The molecule has 0 aliphatic rings. The van der Waals surface area contributed by atoms with Crippen molar-refractivity contribution in [3.05, 3.63) is 47.4 Å². The van der Waals surface area contributed by atoms with Crippen LogP contribution in [0.5, 0.6) is 5.75 Å². The minimum Gasteiger partial charge on any atom is -0.495 e. The summed E-state index contributed by atoms with van der Waals surface area (Å²) < 4.78 is 35.1. The maximum Gasteiger partial charge on any atom is 0.265 e. The van der Waals surface area contributed by atoms with Crippen LogP contribution in [0.25, 0.3) is 5.65 Å². The highest BCUT2D eigenvalue weighted by Gasteiger charge is 2.22. The van der Waals surface area contributed by atoms with Gasteiger partial charge in [-0.05, 0) is 30.3 Å². The van der Waals surface area contributed by atoms with E-state index in [2.05, 4.69) is 14.9 Å². The quantitative estimate of drug-likeness (QED) is 0.733. The molecule has 0 unspecified atom stereocenters. The number of nitrogens with zero attached hydrogens (tertiary/aromatic N) is 3. The number of benzene rings is 1. The number of fused-ring (bicyclic) bond motifs is 1.